The molecule has 4 rings (SSSR count). The zero-order valence-corrected chi connectivity index (χ0v) is 20.3. The van der Waals surface area contributed by atoms with E-state index >= 15 is 0 Å². The number of benzene rings is 1. The largest absolute Gasteiger partial charge is 0.383 e. The Morgan fingerprint density at radius 1 is 0.941 bits per heavy atom. The Labute approximate surface area is 202 Å². The van der Waals surface area contributed by atoms with Gasteiger partial charge in [0, 0.05) is 74.9 Å². The molecule has 1 aliphatic carbocycles. The van der Waals surface area contributed by atoms with Gasteiger partial charge in [0.15, 0.2) is 11.6 Å². The normalized spacial score (nSPS) is 20.5. The third-order valence-electron chi connectivity index (χ3n) is 6.73. The summed E-state index contributed by atoms with van der Waals surface area (Å²) in [5.74, 6) is -0.190. The summed E-state index contributed by atoms with van der Waals surface area (Å²) < 4.78 is 10.8. The van der Waals surface area contributed by atoms with Crippen LogP contribution in [0.5, 0.6) is 0 Å². The van der Waals surface area contributed by atoms with Crippen LogP contribution in [0.1, 0.15) is 34.6 Å². The number of rotatable bonds is 9. The Morgan fingerprint density at radius 3 is 2.18 bits per heavy atom. The first kappa shape index (κ1) is 24.6. The number of fused-ring (bicyclic) bond motifs is 1. The van der Waals surface area contributed by atoms with Crippen molar-refractivity contribution in [2.75, 3.05) is 84.1 Å². The molecule has 184 valence electrons. The number of carbonyl (C=O) groups excluding carboxylic acids is 2. The third kappa shape index (κ3) is 5.58. The summed E-state index contributed by atoms with van der Waals surface area (Å²) in [6.07, 6.45) is 1.89. The first-order chi connectivity index (χ1) is 16.6. The van der Waals surface area contributed by atoms with E-state index in [1.165, 1.54) is 0 Å². The van der Waals surface area contributed by atoms with Gasteiger partial charge in [0.2, 0.25) is 0 Å². The highest BCUT2D eigenvalue weighted by Gasteiger charge is 2.33. The number of ether oxygens (including phenoxy) is 2. The van der Waals surface area contributed by atoms with E-state index < -0.39 is 0 Å². The van der Waals surface area contributed by atoms with Gasteiger partial charge in [0.1, 0.15) is 0 Å². The van der Waals surface area contributed by atoms with Crippen molar-refractivity contribution < 1.29 is 19.1 Å². The van der Waals surface area contributed by atoms with E-state index in [-0.39, 0.29) is 11.6 Å². The van der Waals surface area contributed by atoms with Crippen LogP contribution in [0.4, 0.5) is 5.69 Å². The average molecular weight is 469 g/mol. The minimum atomic E-state index is -0.103. The summed E-state index contributed by atoms with van der Waals surface area (Å²) in [6, 6.07) is 5.49. The molecule has 2 heterocycles. The molecule has 2 fully saturated rings. The monoisotopic (exact) mass is 468 g/mol. The Bertz CT molecular complexity index is 960. The van der Waals surface area contributed by atoms with Crippen LogP contribution < -0.4 is 10.6 Å². The Kier molecular flexibility index (Phi) is 8.50. The zero-order chi connectivity index (χ0) is 23.9. The minimum Gasteiger partial charge on any atom is -0.383 e. The quantitative estimate of drug-likeness (QED) is 0.569. The van der Waals surface area contributed by atoms with E-state index in [9.17, 15) is 9.59 Å². The van der Waals surface area contributed by atoms with Crippen LogP contribution in [0.15, 0.2) is 41.1 Å². The highest BCUT2D eigenvalue weighted by molar-refractivity contribution is 6.30. The first-order valence-corrected chi connectivity index (χ1v) is 12.3. The first-order valence-electron chi connectivity index (χ1n) is 12.3. The molecule has 0 atom stereocenters. The lowest BCUT2D eigenvalue weighted by Crippen LogP contribution is -2.40. The zero-order valence-electron chi connectivity index (χ0n) is 20.3. The fraction of sp³-hybridized carbons (Fsp3) is 0.538. The lowest BCUT2D eigenvalue weighted by Gasteiger charge is -2.28. The number of hydrogen-bond acceptors (Lipinski definition) is 8. The summed E-state index contributed by atoms with van der Waals surface area (Å²) in [4.78, 5) is 31.7. The third-order valence-corrected chi connectivity index (χ3v) is 6.73. The molecule has 8 nitrogen and oxygen atoms in total. The van der Waals surface area contributed by atoms with E-state index in [0.717, 1.165) is 77.1 Å². The fourth-order valence-corrected chi connectivity index (χ4v) is 4.75. The summed E-state index contributed by atoms with van der Waals surface area (Å²) in [6.45, 7) is 13.5. The standard InChI is InChI=1S/C26H36N4O4/c1-3-21(27-7-9-29-11-15-33-16-12-29)23-19(2)25(31)20-5-4-6-22(24(20)26(23)32)28-8-10-30-13-17-34-18-14-30/h3-6,27-28H,7-18H2,1-2H3/b21-3+. The van der Waals surface area contributed by atoms with Crippen molar-refractivity contribution in [3.8, 4) is 0 Å². The highest BCUT2D eigenvalue weighted by atomic mass is 16.5. The maximum absolute atomic E-state index is 13.7. The molecule has 0 amide bonds. The molecule has 1 aromatic carbocycles. The Morgan fingerprint density at radius 2 is 1.56 bits per heavy atom. The van der Waals surface area contributed by atoms with Gasteiger partial charge in [-0.05, 0) is 19.9 Å². The molecular formula is C26H36N4O4. The second kappa shape index (κ2) is 11.8. The van der Waals surface area contributed by atoms with E-state index in [0.29, 0.717) is 35.4 Å². The van der Waals surface area contributed by atoms with Crippen LogP contribution in [0.2, 0.25) is 0 Å². The number of nitrogens with zero attached hydrogens (tertiary/aromatic N) is 2. The topological polar surface area (TPSA) is 83.1 Å². The van der Waals surface area contributed by atoms with Crippen LogP contribution >= 0.6 is 0 Å². The fourth-order valence-electron chi connectivity index (χ4n) is 4.75. The molecule has 2 aliphatic heterocycles. The number of hydrogen-bond donors (Lipinski definition) is 2. The van der Waals surface area contributed by atoms with Crippen molar-refractivity contribution in [2.45, 2.75) is 13.8 Å². The van der Waals surface area contributed by atoms with Crippen LogP contribution in [0.25, 0.3) is 0 Å². The van der Waals surface area contributed by atoms with Gasteiger partial charge in [0.05, 0.1) is 37.6 Å². The lowest BCUT2D eigenvalue weighted by atomic mass is 9.82. The van der Waals surface area contributed by atoms with Crippen molar-refractivity contribution in [1.29, 1.82) is 0 Å². The molecular weight excluding hydrogens is 432 g/mol. The van der Waals surface area contributed by atoms with Crippen molar-refractivity contribution in [3.05, 3.63) is 52.2 Å². The smallest absolute Gasteiger partial charge is 0.198 e. The van der Waals surface area contributed by atoms with E-state index in [1.807, 2.05) is 25.1 Å². The molecule has 0 bridgehead atoms. The number of Topliss-reactive ketones (excluding diaryl/α,β-unsaturated/α-hetero) is 2. The second-order valence-corrected chi connectivity index (χ2v) is 8.85. The highest BCUT2D eigenvalue weighted by Crippen LogP contribution is 2.33. The lowest BCUT2D eigenvalue weighted by molar-refractivity contribution is 0.0387. The predicted molar refractivity (Wildman–Crippen MR) is 133 cm³/mol. The number of carbonyl (C=O) groups is 2. The van der Waals surface area contributed by atoms with Gasteiger partial charge >= 0.3 is 0 Å². The van der Waals surface area contributed by atoms with Crippen LogP contribution in [0.3, 0.4) is 0 Å². The van der Waals surface area contributed by atoms with Crippen molar-refractivity contribution in [1.82, 2.24) is 15.1 Å². The molecule has 0 radical (unpaired) electrons. The molecule has 34 heavy (non-hydrogen) atoms. The SMILES string of the molecule is C/C=C(/NCCN1CCOCC1)C1=C(C)C(=O)c2cccc(NCCN3CCOCC3)c2C1=O. The molecule has 2 saturated heterocycles. The summed E-state index contributed by atoms with van der Waals surface area (Å²) in [7, 11) is 0. The number of ketones is 2. The van der Waals surface area contributed by atoms with Crippen LogP contribution in [-0.4, -0.2) is 100 Å². The number of morpholine rings is 2. The van der Waals surface area contributed by atoms with Gasteiger partial charge in [-0.2, -0.15) is 0 Å². The summed E-state index contributed by atoms with van der Waals surface area (Å²) in [5.41, 5.74) is 3.37. The van der Waals surface area contributed by atoms with Gasteiger partial charge in [-0.25, -0.2) is 0 Å². The number of anilines is 1. The Hall–Kier alpha value is -2.52. The molecule has 0 spiro atoms. The predicted octanol–water partition coefficient (Wildman–Crippen LogP) is 1.95. The summed E-state index contributed by atoms with van der Waals surface area (Å²) in [5, 5.41) is 6.83. The molecule has 2 N–H and O–H groups in total. The van der Waals surface area contributed by atoms with Gasteiger partial charge in [-0.3, -0.25) is 19.4 Å². The molecule has 0 unspecified atom stereocenters. The molecule has 0 saturated carbocycles. The van der Waals surface area contributed by atoms with Gasteiger partial charge in [0.25, 0.3) is 0 Å². The maximum atomic E-state index is 13.7. The van der Waals surface area contributed by atoms with E-state index in [1.54, 1.807) is 13.0 Å². The second-order valence-electron chi connectivity index (χ2n) is 8.85. The van der Waals surface area contributed by atoms with Crippen molar-refractivity contribution in [3.63, 3.8) is 0 Å². The van der Waals surface area contributed by atoms with Gasteiger partial charge in [-0.1, -0.05) is 18.2 Å². The Balaban J connectivity index is 1.46. The minimum absolute atomic E-state index is 0.0873. The van der Waals surface area contributed by atoms with Gasteiger partial charge in [-0.15, -0.1) is 0 Å². The van der Waals surface area contributed by atoms with Crippen LogP contribution in [-0.2, 0) is 9.47 Å². The molecule has 0 aromatic heterocycles. The summed E-state index contributed by atoms with van der Waals surface area (Å²) >= 11 is 0. The van der Waals surface area contributed by atoms with Gasteiger partial charge < -0.3 is 20.1 Å². The van der Waals surface area contributed by atoms with Crippen molar-refractivity contribution >= 4 is 17.3 Å². The molecule has 1 aromatic rings. The molecule has 8 heteroatoms. The maximum Gasteiger partial charge on any atom is 0.198 e. The van der Waals surface area contributed by atoms with Crippen molar-refractivity contribution in [2.24, 2.45) is 0 Å². The van der Waals surface area contributed by atoms with E-state index in [4.69, 9.17) is 9.47 Å². The number of nitrogens with one attached hydrogen (secondary N) is 2. The van der Waals surface area contributed by atoms with Crippen LogP contribution in [0, 0.1) is 0 Å². The number of allylic oxidation sites excluding steroid dienone is 3. The average Bonchev–Trinajstić information content (AvgIpc) is 2.87. The molecule has 3 aliphatic rings. The van der Waals surface area contributed by atoms with E-state index in [2.05, 4.69) is 20.4 Å².